The Morgan fingerprint density at radius 2 is 1.88 bits per heavy atom. The van der Waals surface area contributed by atoms with Gasteiger partial charge in [-0.15, -0.1) is 11.3 Å². The maximum absolute atomic E-state index is 13.8. The predicted molar refractivity (Wildman–Crippen MR) is 154 cm³/mol. The van der Waals surface area contributed by atoms with Crippen molar-refractivity contribution in [2.24, 2.45) is 0 Å². The Labute approximate surface area is 243 Å². The number of ether oxygens (including phenoxy) is 3. The van der Waals surface area contributed by atoms with Crippen LogP contribution >= 0.6 is 11.3 Å². The van der Waals surface area contributed by atoms with Gasteiger partial charge in [0, 0.05) is 36.7 Å². The Morgan fingerprint density at radius 1 is 1.12 bits per heavy atom. The molecule has 13 heteroatoms. The van der Waals surface area contributed by atoms with Gasteiger partial charge in [-0.05, 0) is 60.5 Å². The molecule has 2 aromatic carbocycles. The summed E-state index contributed by atoms with van der Waals surface area (Å²) in [6.45, 7) is 0.816. The molecule has 220 valence electrons. The van der Waals surface area contributed by atoms with Gasteiger partial charge < -0.3 is 19.1 Å². The largest absolute Gasteiger partial charge is 0.493 e. The van der Waals surface area contributed by atoms with Crippen LogP contribution in [0.4, 0.5) is 5.69 Å². The molecular formula is C28H33N3O8S2. The minimum Gasteiger partial charge on any atom is -0.493 e. The Morgan fingerprint density at radius 3 is 2.49 bits per heavy atom. The van der Waals surface area contributed by atoms with E-state index in [-0.39, 0.29) is 29.1 Å². The minimum absolute atomic E-state index is 0.00752. The highest BCUT2D eigenvalue weighted by molar-refractivity contribution is 7.89. The van der Waals surface area contributed by atoms with Crippen LogP contribution in [0.25, 0.3) is 0 Å². The van der Waals surface area contributed by atoms with Crippen LogP contribution in [0.1, 0.15) is 23.3 Å². The Hall–Kier alpha value is -3.52. The molecule has 0 spiro atoms. The average molecular weight is 604 g/mol. The van der Waals surface area contributed by atoms with Gasteiger partial charge in [0.25, 0.3) is 5.69 Å². The topological polar surface area (TPSA) is 129 Å². The molecule has 11 nitrogen and oxygen atoms in total. The third-order valence-electron chi connectivity index (χ3n) is 6.83. The average Bonchev–Trinajstić information content (AvgIpc) is 3.69. The smallest absolute Gasteiger partial charge is 0.269 e. The van der Waals surface area contributed by atoms with Crippen LogP contribution in [0.3, 0.4) is 0 Å². The molecule has 1 unspecified atom stereocenters. The van der Waals surface area contributed by atoms with Gasteiger partial charge in [-0.2, -0.15) is 4.31 Å². The van der Waals surface area contributed by atoms with Gasteiger partial charge in [0.15, 0.2) is 11.5 Å². The van der Waals surface area contributed by atoms with Gasteiger partial charge in [-0.25, -0.2) is 8.42 Å². The molecule has 0 aliphatic carbocycles. The molecule has 0 N–H and O–H groups in total. The van der Waals surface area contributed by atoms with Crippen molar-refractivity contribution in [3.05, 3.63) is 80.5 Å². The number of amides is 1. The van der Waals surface area contributed by atoms with Gasteiger partial charge in [0.05, 0.1) is 43.2 Å². The van der Waals surface area contributed by atoms with Gasteiger partial charge >= 0.3 is 0 Å². The third-order valence-corrected chi connectivity index (χ3v) is 9.51. The summed E-state index contributed by atoms with van der Waals surface area (Å²) < 4.78 is 44.9. The van der Waals surface area contributed by atoms with Crippen molar-refractivity contribution < 1.29 is 32.3 Å². The summed E-state index contributed by atoms with van der Waals surface area (Å²) in [6.07, 6.45) is 1.66. The van der Waals surface area contributed by atoms with E-state index in [2.05, 4.69) is 0 Å². The van der Waals surface area contributed by atoms with Crippen LogP contribution in [-0.4, -0.2) is 75.0 Å². The predicted octanol–water partition coefficient (Wildman–Crippen LogP) is 4.11. The van der Waals surface area contributed by atoms with Gasteiger partial charge in [-0.1, -0.05) is 12.1 Å². The molecule has 4 rings (SSSR count). The summed E-state index contributed by atoms with van der Waals surface area (Å²) in [5, 5.41) is 13.0. The van der Waals surface area contributed by atoms with E-state index in [1.165, 1.54) is 23.5 Å². The number of carbonyl (C=O) groups is 1. The van der Waals surface area contributed by atoms with Crippen LogP contribution in [0.15, 0.2) is 64.9 Å². The first-order valence-corrected chi connectivity index (χ1v) is 15.4. The highest BCUT2D eigenvalue weighted by Gasteiger charge is 2.32. The SMILES string of the molecule is COc1ccc(CCN(Cc2cccs2)C(=O)CN(CC2CCCO2)S(=O)(=O)c2ccc([N+](=O)[O-])cc2)cc1OC. The fourth-order valence-corrected chi connectivity index (χ4v) is 6.73. The van der Waals surface area contributed by atoms with Crippen LogP contribution in [-0.2, 0) is 32.5 Å². The Balaban J connectivity index is 1.57. The highest BCUT2D eigenvalue weighted by Crippen LogP contribution is 2.28. The lowest BCUT2D eigenvalue weighted by atomic mass is 10.1. The number of hydrogen-bond acceptors (Lipinski definition) is 9. The number of nitro groups is 1. The van der Waals surface area contributed by atoms with E-state index >= 15 is 0 Å². The quantitative estimate of drug-likeness (QED) is 0.199. The second-order valence-corrected chi connectivity index (χ2v) is 12.5. The van der Waals surface area contributed by atoms with E-state index in [0.717, 1.165) is 33.3 Å². The van der Waals surface area contributed by atoms with E-state index in [9.17, 15) is 23.3 Å². The van der Waals surface area contributed by atoms with E-state index < -0.39 is 21.5 Å². The number of non-ortho nitro benzene ring substituents is 1. The van der Waals surface area contributed by atoms with Crippen molar-refractivity contribution >= 4 is 33.0 Å². The Kier molecular flexibility index (Phi) is 10.3. The monoisotopic (exact) mass is 603 g/mol. The lowest BCUT2D eigenvalue weighted by Gasteiger charge is -2.28. The second kappa shape index (κ2) is 13.9. The minimum atomic E-state index is -4.15. The lowest BCUT2D eigenvalue weighted by molar-refractivity contribution is -0.384. The first-order valence-electron chi connectivity index (χ1n) is 13.1. The van der Waals surface area contributed by atoms with Crippen molar-refractivity contribution in [1.29, 1.82) is 0 Å². The van der Waals surface area contributed by atoms with Crippen LogP contribution in [0.5, 0.6) is 11.5 Å². The van der Waals surface area contributed by atoms with E-state index in [1.54, 1.807) is 25.2 Å². The zero-order valence-electron chi connectivity index (χ0n) is 22.9. The summed E-state index contributed by atoms with van der Waals surface area (Å²) in [4.78, 5) is 26.7. The zero-order chi connectivity index (χ0) is 29.4. The molecule has 1 atom stereocenters. The lowest BCUT2D eigenvalue weighted by Crippen LogP contribution is -2.45. The van der Waals surface area contributed by atoms with Crippen molar-refractivity contribution in [3.8, 4) is 11.5 Å². The van der Waals surface area contributed by atoms with E-state index in [0.29, 0.717) is 44.0 Å². The first kappa shape index (κ1) is 30.4. The van der Waals surface area contributed by atoms with Gasteiger partial charge in [0.2, 0.25) is 15.9 Å². The third kappa shape index (κ3) is 7.82. The van der Waals surface area contributed by atoms with Gasteiger partial charge in [-0.3, -0.25) is 14.9 Å². The standard InChI is InChI=1S/C28H33N3O8S2/c1-37-26-12-7-21(17-27(26)38-2)13-14-29(19-24-6-4-16-40-24)28(32)20-30(18-23-5-3-15-39-23)41(35,36)25-10-8-22(9-11-25)31(33)34/h4,6-12,16-17,23H,3,5,13-15,18-20H2,1-2H3. The van der Waals surface area contributed by atoms with Crippen LogP contribution < -0.4 is 9.47 Å². The normalized spacial score (nSPS) is 15.1. The number of benzene rings is 2. The maximum atomic E-state index is 13.8. The van der Waals surface area contributed by atoms with Crippen LogP contribution in [0.2, 0.25) is 0 Å². The molecule has 1 aliphatic heterocycles. The molecule has 1 aliphatic rings. The molecule has 0 saturated carbocycles. The summed E-state index contributed by atoms with van der Waals surface area (Å²) in [5.41, 5.74) is 0.712. The number of sulfonamides is 1. The summed E-state index contributed by atoms with van der Waals surface area (Å²) in [7, 11) is -1.03. The number of hydrogen-bond donors (Lipinski definition) is 0. The molecule has 1 aromatic heterocycles. The van der Waals surface area contributed by atoms with E-state index in [4.69, 9.17) is 14.2 Å². The fraction of sp³-hybridized carbons (Fsp3) is 0.393. The molecule has 1 amide bonds. The number of carbonyl (C=O) groups excluding carboxylic acids is 1. The van der Waals surface area contributed by atoms with Crippen molar-refractivity contribution in [2.75, 3.05) is 40.5 Å². The first-order chi connectivity index (χ1) is 19.7. The molecule has 1 saturated heterocycles. The number of nitro benzene ring substituents is 1. The summed E-state index contributed by atoms with van der Waals surface area (Å²) in [6, 6.07) is 14.1. The number of rotatable bonds is 14. The molecule has 0 radical (unpaired) electrons. The Bertz CT molecular complexity index is 1420. The molecule has 1 fully saturated rings. The number of thiophene rings is 1. The summed E-state index contributed by atoms with van der Waals surface area (Å²) in [5.74, 6) is 0.824. The van der Waals surface area contributed by atoms with Crippen LogP contribution in [0, 0.1) is 10.1 Å². The molecule has 3 aromatic rings. The number of methoxy groups -OCH3 is 2. The summed E-state index contributed by atoms with van der Waals surface area (Å²) >= 11 is 1.52. The number of nitrogens with zero attached hydrogens (tertiary/aromatic N) is 3. The van der Waals surface area contributed by atoms with Crippen molar-refractivity contribution in [3.63, 3.8) is 0 Å². The van der Waals surface area contributed by atoms with Crippen molar-refractivity contribution in [2.45, 2.75) is 36.8 Å². The molecule has 41 heavy (non-hydrogen) atoms. The van der Waals surface area contributed by atoms with Crippen molar-refractivity contribution in [1.82, 2.24) is 9.21 Å². The molecule has 0 bridgehead atoms. The highest BCUT2D eigenvalue weighted by atomic mass is 32.2. The molecular weight excluding hydrogens is 570 g/mol. The second-order valence-electron chi connectivity index (χ2n) is 9.52. The molecule has 2 heterocycles. The zero-order valence-corrected chi connectivity index (χ0v) is 24.6. The van der Waals surface area contributed by atoms with Gasteiger partial charge in [0.1, 0.15) is 0 Å². The fourth-order valence-electron chi connectivity index (χ4n) is 4.59. The van der Waals surface area contributed by atoms with E-state index in [1.807, 2.05) is 29.6 Å². The maximum Gasteiger partial charge on any atom is 0.269 e.